The van der Waals surface area contributed by atoms with Gasteiger partial charge in [0.15, 0.2) is 0 Å². The van der Waals surface area contributed by atoms with Gasteiger partial charge in [-0.15, -0.1) is 0 Å². The molecule has 0 fully saturated rings. The molecule has 132 valence electrons. The standard InChI is InChI=1S/C19H15ClN2O4/c20-16-9-11(19(23)24)8-15-13-2-1-3-14(13)17(21-18(15)16)10-4-6-12(7-5-10)22(25)26/h1-2,4-9,13-14,17,21H,3H2,(H,23,24)/t13-,14+,17+/m1/s1. The number of non-ortho nitro benzene ring substituents is 1. The van der Waals surface area contributed by atoms with Crippen molar-refractivity contribution < 1.29 is 14.8 Å². The van der Waals surface area contributed by atoms with E-state index in [9.17, 15) is 20.0 Å². The fourth-order valence-corrected chi connectivity index (χ4v) is 4.19. The Labute approximate surface area is 154 Å². The highest BCUT2D eigenvalue weighted by molar-refractivity contribution is 6.33. The summed E-state index contributed by atoms with van der Waals surface area (Å²) in [7, 11) is 0. The van der Waals surface area contributed by atoms with Gasteiger partial charge in [-0.3, -0.25) is 10.1 Å². The summed E-state index contributed by atoms with van der Waals surface area (Å²) in [4.78, 5) is 21.8. The molecule has 1 aliphatic heterocycles. The van der Waals surface area contributed by atoms with Crippen LogP contribution in [0.5, 0.6) is 0 Å². The van der Waals surface area contributed by atoms with Crippen LogP contribution in [0.25, 0.3) is 0 Å². The Bertz CT molecular complexity index is 939. The molecule has 0 radical (unpaired) electrons. The number of fused-ring (bicyclic) bond motifs is 3. The van der Waals surface area contributed by atoms with Crippen molar-refractivity contribution in [1.29, 1.82) is 0 Å². The number of nitro benzene ring substituents is 1. The van der Waals surface area contributed by atoms with Crippen molar-refractivity contribution in [3.63, 3.8) is 0 Å². The fourth-order valence-electron chi connectivity index (χ4n) is 3.91. The van der Waals surface area contributed by atoms with E-state index in [1.807, 2.05) is 0 Å². The fraction of sp³-hybridized carbons (Fsp3) is 0.211. The van der Waals surface area contributed by atoms with E-state index in [0.717, 1.165) is 23.2 Å². The third-order valence-corrected chi connectivity index (χ3v) is 5.43. The number of halogens is 1. The lowest BCUT2D eigenvalue weighted by Gasteiger charge is -2.38. The average Bonchev–Trinajstić information content (AvgIpc) is 3.11. The van der Waals surface area contributed by atoms with Gasteiger partial charge in [-0.05, 0) is 35.6 Å². The maximum Gasteiger partial charge on any atom is 0.335 e. The third kappa shape index (κ3) is 2.63. The maximum atomic E-state index is 11.4. The highest BCUT2D eigenvalue weighted by Crippen LogP contribution is 2.51. The molecule has 0 unspecified atom stereocenters. The molecule has 7 heteroatoms. The van der Waals surface area contributed by atoms with E-state index in [2.05, 4.69) is 17.5 Å². The number of carbonyl (C=O) groups is 1. The summed E-state index contributed by atoms with van der Waals surface area (Å²) >= 11 is 6.36. The number of allylic oxidation sites excluding steroid dienone is 2. The molecule has 6 nitrogen and oxygen atoms in total. The van der Waals surface area contributed by atoms with Gasteiger partial charge in [0, 0.05) is 18.1 Å². The normalized spacial score (nSPS) is 23.0. The highest BCUT2D eigenvalue weighted by atomic mass is 35.5. The van der Waals surface area contributed by atoms with E-state index < -0.39 is 10.9 Å². The number of rotatable bonds is 3. The number of nitro groups is 1. The zero-order valence-corrected chi connectivity index (χ0v) is 14.3. The van der Waals surface area contributed by atoms with Gasteiger partial charge in [-0.25, -0.2) is 4.79 Å². The molecule has 4 rings (SSSR count). The zero-order chi connectivity index (χ0) is 18.4. The molecular formula is C19H15ClN2O4. The number of carboxylic acids is 1. The Morgan fingerprint density at radius 3 is 2.65 bits per heavy atom. The lowest BCUT2D eigenvalue weighted by Crippen LogP contribution is -2.29. The van der Waals surface area contributed by atoms with Crippen LogP contribution in [0.1, 0.15) is 39.9 Å². The van der Waals surface area contributed by atoms with Gasteiger partial charge < -0.3 is 10.4 Å². The minimum atomic E-state index is -1.01. The molecule has 3 atom stereocenters. The number of nitrogens with zero attached hydrogens (tertiary/aromatic N) is 1. The topological polar surface area (TPSA) is 92.5 Å². The first kappa shape index (κ1) is 16.6. The van der Waals surface area contributed by atoms with Gasteiger partial charge in [-0.1, -0.05) is 35.9 Å². The summed E-state index contributed by atoms with van der Waals surface area (Å²) in [6.45, 7) is 0. The van der Waals surface area contributed by atoms with E-state index >= 15 is 0 Å². The van der Waals surface area contributed by atoms with Gasteiger partial charge in [-0.2, -0.15) is 0 Å². The monoisotopic (exact) mass is 370 g/mol. The minimum absolute atomic E-state index is 0.0511. The predicted molar refractivity (Wildman–Crippen MR) is 97.9 cm³/mol. The minimum Gasteiger partial charge on any atom is -0.478 e. The molecule has 0 bridgehead atoms. The van der Waals surface area contributed by atoms with Gasteiger partial charge in [0.1, 0.15) is 0 Å². The second-order valence-electron chi connectivity index (χ2n) is 6.55. The Kier molecular flexibility index (Phi) is 3.92. The van der Waals surface area contributed by atoms with Crippen molar-refractivity contribution >= 4 is 28.9 Å². The van der Waals surface area contributed by atoms with Gasteiger partial charge >= 0.3 is 5.97 Å². The second kappa shape index (κ2) is 6.14. The van der Waals surface area contributed by atoms with Gasteiger partial charge in [0.05, 0.1) is 27.2 Å². The van der Waals surface area contributed by atoms with Crippen LogP contribution in [0.2, 0.25) is 5.02 Å². The molecule has 1 aliphatic carbocycles. The second-order valence-corrected chi connectivity index (χ2v) is 6.96. The van der Waals surface area contributed by atoms with Crippen LogP contribution in [0.3, 0.4) is 0 Å². The van der Waals surface area contributed by atoms with Crippen molar-refractivity contribution in [3.05, 3.63) is 80.4 Å². The third-order valence-electron chi connectivity index (χ3n) is 5.13. The van der Waals surface area contributed by atoms with E-state index in [1.165, 1.54) is 18.2 Å². The van der Waals surface area contributed by atoms with Crippen LogP contribution in [-0.4, -0.2) is 16.0 Å². The molecule has 0 amide bonds. The molecule has 2 N–H and O–H groups in total. The molecule has 0 spiro atoms. The van der Waals surface area contributed by atoms with Crippen LogP contribution >= 0.6 is 11.6 Å². The van der Waals surface area contributed by atoms with Crippen LogP contribution < -0.4 is 5.32 Å². The number of hydrogen-bond donors (Lipinski definition) is 2. The molecule has 0 aromatic heterocycles. The summed E-state index contributed by atoms with van der Waals surface area (Å²) in [6.07, 6.45) is 5.02. The van der Waals surface area contributed by atoms with Crippen molar-refractivity contribution in [2.45, 2.75) is 18.4 Å². The summed E-state index contributed by atoms with van der Waals surface area (Å²) in [5, 5.41) is 24.0. The first-order chi connectivity index (χ1) is 12.5. The Balaban J connectivity index is 1.77. The van der Waals surface area contributed by atoms with Crippen LogP contribution in [0.4, 0.5) is 11.4 Å². The first-order valence-electron chi connectivity index (χ1n) is 8.20. The molecule has 0 saturated heterocycles. The molecule has 26 heavy (non-hydrogen) atoms. The van der Waals surface area contributed by atoms with E-state index in [-0.39, 0.29) is 29.1 Å². The Morgan fingerprint density at radius 2 is 2.00 bits per heavy atom. The van der Waals surface area contributed by atoms with Crippen LogP contribution in [-0.2, 0) is 0 Å². The van der Waals surface area contributed by atoms with Crippen LogP contribution in [0, 0.1) is 16.0 Å². The number of hydrogen-bond acceptors (Lipinski definition) is 4. The van der Waals surface area contributed by atoms with E-state index in [4.69, 9.17) is 11.6 Å². The quantitative estimate of drug-likeness (QED) is 0.461. The van der Waals surface area contributed by atoms with Crippen molar-refractivity contribution in [2.75, 3.05) is 5.32 Å². The molecule has 2 aromatic carbocycles. The Morgan fingerprint density at radius 1 is 1.27 bits per heavy atom. The molecular weight excluding hydrogens is 356 g/mol. The molecule has 0 saturated carbocycles. The first-order valence-corrected chi connectivity index (χ1v) is 8.58. The molecule has 1 heterocycles. The number of aromatic carboxylic acids is 1. The number of carboxylic acid groups (broad SMARTS) is 1. The smallest absolute Gasteiger partial charge is 0.335 e. The predicted octanol–water partition coefficient (Wildman–Crippen LogP) is 4.77. The number of benzene rings is 2. The largest absolute Gasteiger partial charge is 0.478 e. The summed E-state index contributed by atoms with van der Waals surface area (Å²) in [6, 6.07) is 9.58. The molecule has 2 aromatic rings. The average molecular weight is 371 g/mol. The van der Waals surface area contributed by atoms with Crippen molar-refractivity contribution in [1.82, 2.24) is 0 Å². The van der Waals surface area contributed by atoms with Crippen LogP contribution in [0.15, 0.2) is 48.6 Å². The SMILES string of the molecule is O=C(O)c1cc(Cl)c2c(c1)[C@@H]1C=CC[C@@H]1[C@H](c1ccc([N+](=O)[O-])cc1)N2. The highest BCUT2D eigenvalue weighted by Gasteiger charge is 2.39. The summed E-state index contributed by atoms with van der Waals surface area (Å²) in [5.41, 5.74) is 2.77. The lowest BCUT2D eigenvalue weighted by molar-refractivity contribution is -0.384. The van der Waals surface area contributed by atoms with Gasteiger partial charge in [0.25, 0.3) is 5.69 Å². The van der Waals surface area contributed by atoms with Gasteiger partial charge in [0.2, 0.25) is 0 Å². The number of nitrogens with one attached hydrogen (secondary N) is 1. The Hall–Kier alpha value is -2.86. The maximum absolute atomic E-state index is 11.4. The summed E-state index contributed by atoms with van der Waals surface area (Å²) in [5.74, 6) is -0.752. The van der Waals surface area contributed by atoms with Crippen molar-refractivity contribution in [3.8, 4) is 0 Å². The molecule has 2 aliphatic rings. The zero-order valence-electron chi connectivity index (χ0n) is 13.6. The summed E-state index contributed by atoms with van der Waals surface area (Å²) < 4.78 is 0. The van der Waals surface area contributed by atoms with E-state index in [0.29, 0.717) is 5.02 Å². The van der Waals surface area contributed by atoms with Crippen molar-refractivity contribution in [2.24, 2.45) is 5.92 Å². The van der Waals surface area contributed by atoms with E-state index in [1.54, 1.807) is 18.2 Å². The lowest BCUT2D eigenvalue weighted by atomic mass is 9.76. The number of anilines is 1.